The average molecular weight is 292 g/mol. The van der Waals surface area contributed by atoms with Crippen LogP contribution in [0.4, 0.5) is 0 Å². The lowest BCUT2D eigenvalue weighted by Gasteiger charge is -2.25. The molecule has 1 N–H and O–H groups in total. The Morgan fingerprint density at radius 1 is 1.45 bits per heavy atom. The van der Waals surface area contributed by atoms with Gasteiger partial charge in [0.1, 0.15) is 5.54 Å². The molecule has 1 heterocycles. The van der Waals surface area contributed by atoms with E-state index in [2.05, 4.69) is 40.8 Å². The zero-order chi connectivity index (χ0) is 14.2. The van der Waals surface area contributed by atoms with Gasteiger partial charge in [-0.3, -0.25) is 5.32 Å². The molecule has 2 aliphatic rings. The summed E-state index contributed by atoms with van der Waals surface area (Å²) in [5, 5.41) is 26.3. The molecule has 2 unspecified atom stereocenters. The molecule has 0 bridgehead atoms. The quantitative estimate of drug-likeness (QED) is 0.893. The number of hydrogen-bond donors (Lipinski definition) is 1. The fourth-order valence-corrected chi connectivity index (χ4v) is 4.16. The highest BCUT2D eigenvalue weighted by molar-refractivity contribution is 7.99. The van der Waals surface area contributed by atoms with Gasteiger partial charge in [0.2, 0.25) is 5.16 Å². The van der Waals surface area contributed by atoms with Crippen LogP contribution in [0.2, 0.25) is 0 Å². The zero-order valence-electron chi connectivity index (χ0n) is 11.9. The van der Waals surface area contributed by atoms with E-state index in [0.717, 1.165) is 24.4 Å². The van der Waals surface area contributed by atoms with Crippen molar-refractivity contribution in [2.45, 2.75) is 74.0 Å². The van der Waals surface area contributed by atoms with Crippen molar-refractivity contribution in [3.8, 4) is 6.07 Å². The fourth-order valence-electron chi connectivity index (χ4n) is 2.88. The van der Waals surface area contributed by atoms with E-state index < -0.39 is 0 Å². The van der Waals surface area contributed by atoms with Crippen LogP contribution in [0, 0.1) is 11.3 Å². The van der Waals surface area contributed by atoms with Gasteiger partial charge in [-0.15, -0.1) is 5.10 Å². The maximum absolute atomic E-state index is 9.49. The van der Waals surface area contributed by atoms with Crippen molar-refractivity contribution in [1.29, 1.82) is 5.26 Å². The van der Waals surface area contributed by atoms with Crippen LogP contribution < -0.4 is 5.32 Å². The number of tetrazole rings is 1. The van der Waals surface area contributed by atoms with E-state index in [0.29, 0.717) is 17.3 Å². The Morgan fingerprint density at radius 3 is 2.90 bits per heavy atom. The lowest BCUT2D eigenvalue weighted by Crippen LogP contribution is -2.45. The van der Waals surface area contributed by atoms with E-state index in [1.54, 1.807) is 11.8 Å². The molecule has 2 atom stereocenters. The second kappa shape index (κ2) is 5.34. The van der Waals surface area contributed by atoms with E-state index >= 15 is 0 Å². The smallest absolute Gasteiger partial charge is 0.209 e. The third-order valence-corrected chi connectivity index (χ3v) is 5.09. The first-order chi connectivity index (χ1) is 9.62. The zero-order valence-corrected chi connectivity index (χ0v) is 12.7. The van der Waals surface area contributed by atoms with Crippen LogP contribution in [0.5, 0.6) is 0 Å². The minimum Gasteiger partial charge on any atom is -0.297 e. The lowest BCUT2D eigenvalue weighted by molar-refractivity contribution is 0.386. The number of nitrogens with one attached hydrogen (secondary N) is 1. The van der Waals surface area contributed by atoms with E-state index in [1.165, 1.54) is 12.8 Å². The molecule has 0 spiro atoms. The second-order valence-corrected chi connectivity index (χ2v) is 7.38. The van der Waals surface area contributed by atoms with Crippen LogP contribution in [0.1, 0.15) is 52.0 Å². The van der Waals surface area contributed by atoms with Crippen molar-refractivity contribution < 1.29 is 0 Å². The number of nitrogens with zero attached hydrogens (tertiary/aromatic N) is 5. The number of hydrogen-bond acceptors (Lipinski definition) is 6. The molecule has 0 saturated heterocycles. The van der Waals surface area contributed by atoms with Crippen LogP contribution >= 0.6 is 11.8 Å². The first-order valence-corrected chi connectivity index (χ1v) is 8.13. The lowest BCUT2D eigenvalue weighted by atomic mass is 9.99. The Kier molecular flexibility index (Phi) is 3.69. The van der Waals surface area contributed by atoms with Gasteiger partial charge in [0, 0.05) is 11.3 Å². The number of thioether (sulfide) groups is 1. The minimum atomic E-state index is -0.371. The van der Waals surface area contributed by atoms with Crippen molar-refractivity contribution in [1.82, 2.24) is 25.5 Å². The molecule has 0 aromatic carbocycles. The SMILES string of the molecule is CC(C)NC1(C#N)CCC(Sc2nnnn2C2CC2)C1. The van der Waals surface area contributed by atoms with Gasteiger partial charge < -0.3 is 0 Å². The van der Waals surface area contributed by atoms with Crippen LogP contribution in [0.25, 0.3) is 0 Å². The van der Waals surface area contributed by atoms with Gasteiger partial charge in [-0.2, -0.15) is 5.26 Å². The predicted molar refractivity (Wildman–Crippen MR) is 76.2 cm³/mol. The molecule has 7 heteroatoms. The monoisotopic (exact) mass is 292 g/mol. The Balaban J connectivity index is 1.65. The Labute approximate surface area is 123 Å². The summed E-state index contributed by atoms with van der Waals surface area (Å²) in [5.41, 5.74) is -0.371. The average Bonchev–Trinajstić information content (AvgIpc) is 3.03. The van der Waals surface area contributed by atoms with Crippen LogP contribution in [-0.4, -0.2) is 37.0 Å². The number of rotatable bonds is 5. The summed E-state index contributed by atoms with van der Waals surface area (Å²) in [5.74, 6) is 0. The summed E-state index contributed by atoms with van der Waals surface area (Å²) in [6.07, 6.45) is 5.17. The molecule has 2 saturated carbocycles. The van der Waals surface area contributed by atoms with Gasteiger partial charge in [-0.25, -0.2) is 4.68 Å². The van der Waals surface area contributed by atoms with Crippen molar-refractivity contribution in [2.24, 2.45) is 0 Å². The standard InChI is InChI=1S/C13H20N6S/c1-9(2)15-13(8-14)6-5-11(7-13)20-12-16-17-18-19(12)10-3-4-10/h9-11,15H,3-7H2,1-2H3. The molecule has 20 heavy (non-hydrogen) atoms. The van der Waals surface area contributed by atoms with Gasteiger partial charge in [-0.1, -0.05) is 11.8 Å². The Morgan fingerprint density at radius 2 is 2.25 bits per heavy atom. The first kappa shape index (κ1) is 13.8. The summed E-state index contributed by atoms with van der Waals surface area (Å²) < 4.78 is 1.95. The summed E-state index contributed by atoms with van der Waals surface area (Å²) >= 11 is 1.73. The maximum Gasteiger partial charge on any atom is 0.209 e. The summed E-state index contributed by atoms with van der Waals surface area (Å²) in [6, 6.07) is 3.32. The number of nitriles is 1. The second-order valence-electron chi connectivity index (χ2n) is 6.11. The van der Waals surface area contributed by atoms with E-state index in [1.807, 2.05) is 4.68 Å². The fraction of sp³-hybridized carbons (Fsp3) is 0.846. The molecule has 0 aliphatic heterocycles. The summed E-state index contributed by atoms with van der Waals surface area (Å²) in [6.45, 7) is 4.18. The highest BCUT2D eigenvalue weighted by Crippen LogP contribution is 2.42. The summed E-state index contributed by atoms with van der Waals surface area (Å²) in [7, 11) is 0. The molecule has 2 aliphatic carbocycles. The van der Waals surface area contributed by atoms with E-state index in [4.69, 9.17) is 0 Å². The van der Waals surface area contributed by atoms with E-state index in [9.17, 15) is 5.26 Å². The molecule has 2 fully saturated rings. The van der Waals surface area contributed by atoms with Crippen LogP contribution in [0.15, 0.2) is 5.16 Å². The molecule has 1 aromatic rings. The molecule has 3 rings (SSSR count). The van der Waals surface area contributed by atoms with Gasteiger partial charge >= 0.3 is 0 Å². The van der Waals surface area contributed by atoms with Crippen molar-refractivity contribution in [2.75, 3.05) is 0 Å². The van der Waals surface area contributed by atoms with Gasteiger partial charge in [0.25, 0.3) is 0 Å². The van der Waals surface area contributed by atoms with Gasteiger partial charge in [0.15, 0.2) is 0 Å². The Bertz CT molecular complexity index is 517. The maximum atomic E-state index is 9.49. The molecular formula is C13H20N6S. The van der Waals surface area contributed by atoms with Crippen molar-refractivity contribution in [3.05, 3.63) is 0 Å². The number of aromatic nitrogens is 4. The highest BCUT2D eigenvalue weighted by Gasteiger charge is 2.41. The summed E-state index contributed by atoms with van der Waals surface area (Å²) in [4.78, 5) is 0. The third kappa shape index (κ3) is 2.81. The molecule has 0 radical (unpaired) electrons. The van der Waals surface area contributed by atoms with E-state index in [-0.39, 0.29) is 5.54 Å². The topological polar surface area (TPSA) is 79.4 Å². The predicted octanol–water partition coefficient (Wildman–Crippen LogP) is 1.91. The van der Waals surface area contributed by atoms with Crippen molar-refractivity contribution in [3.63, 3.8) is 0 Å². The van der Waals surface area contributed by atoms with Crippen LogP contribution in [0.3, 0.4) is 0 Å². The first-order valence-electron chi connectivity index (χ1n) is 7.25. The molecule has 6 nitrogen and oxygen atoms in total. The minimum absolute atomic E-state index is 0.329. The normalized spacial score (nSPS) is 29.8. The highest BCUT2D eigenvalue weighted by atomic mass is 32.2. The van der Waals surface area contributed by atoms with Gasteiger partial charge in [-0.05, 0) is 56.4 Å². The molecule has 0 amide bonds. The molecular weight excluding hydrogens is 272 g/mol. The van der Waals surface area contributed by atoms with Crippen LogP contribution in [-0.2, 0) is 0 Å². The molecule has 108 valence electrons. The largest absolute Gasteiger partial charge is 0.297 e. The third-order valence-electron chi connectivity index (χ3n) is 3.88. The molecule has 1 aromatic heterocycles. The Hall–Kier alpha value is -1.13. The van der Waals surface area contributed by atoms with Gasteiger partial charge in [0.05, 0.1) is 12.1 Å². The van der Waals surface area contributed by atoms with Crippen molar-refractivity contribution >= 4 is 11.8 Å².